The monoisotopic (exact) mass is 264 g/mol. The summed E-state index contributed by atoms with van der Waals surface area (Å²) in [4.78, 5) is 11.8. The van der Waals surface area contributed by atoms with Crippen molar-refractivity contribution in [2.45, 2.75) is 39.4 Å². The van der Waals surface area contributed by atoms with Gasteiger partial charge in [-0.05, 0) is 23.8 Å². The van der Waals surface area contributed by atoms with Crippen molar-refractivity contribution in [2.75, 3.05) is 0 Å². The largest absolute Gasteiger partial charge is 0.345 e. The maximum absolute atomic E-state index is 11.8. The summed E-state index contributed by atoms with van der Waals surface area (Å²) in [5, 5.41) is 21.3. The molecule has 2 aromatic heterocycles. The van der Waals surface area contributed by atoms with Crippen LogP contribution in [0, 0.1) is 0 Å². The van der Waals surface area contributed by atoms with Gasteiger partial charge in [0.05, 0.1) is 6.04 Å². The highest BCUT2D eigenvalue weighted by molar-refractivity contribution is 5.75. The summed E-state index contributed by atoms with van der Waals surface area (Å²) < 4.78 is 3.29. The minimum absolute atomic E-state index is 0.0826. The Hall–Kier alpha value is -2.32. The van der Waals surface area contributed by atoms with E-state index in [1.54, 1.807) is 6.33 Å². The van der Waals surface area contributed by atoms with E-state index in [-0.39, 0.29) is 18.5 Å². The van der Waals surface area contributed by atoms with Crippen LogP contribution in [0.15, 0.2) is 12.7 Å². The number of aromatic nitrogens is 7. The van der Waals surface area contributed by atoms with Gasteiger partial charge in [-0.15, -0.1) is 15.3 Å². The molecule has 0 aliphatic rings. The predicted molar refractivity (Wildman–Crippen MR) is 64.7 cm³/mol. The highest BCUT2D eigenvalue weighted by atomic mass is 16.2. The Morgan fingerprint density at radius 2 is 2.26 bits per heavy atom. The molecule has 19 heavy (non-hydrogen) atoms. The molecule has 0 saturated heterocycles. The van der Waals surface area contributed by atoms with E-state index in [0.717, 1.165) is 18.8 Å². The third-order valence-corrected chi connectivity index (χ3v) is 2.57. The van der Waals surface area contributed by atoms with Crippen LogP contribution >= 0.6 is 0 Å². The molecule has 0 spiro atoms. The fraction of sp³-hybridized carbons (Fsp3) is 0.600. The van der Waals surface area contributed by atoms with Crippen molar-refractivity contribution in [1.29, 1.82) is 0 Å². The first-order valence-electron chi connectivity index (χ1n) is 6.08. The smallest absolute Gasteiger partial charge is 0.242 e. The molecule has 0 fully saturated rings. The number of hydrogen-bond donors (Lipinski definition) is 1. The lowest BCUT2D eigenvalue weighted by Gasteiger charge is -2.14. The van der Waals surface area contributed by atoms with Crippen molar-refractivity contribution in [3.05, 3.63) is 18.5 Å². The van der Waals surface area contributed by atoms with E-state index < -0.39 is 0 Å². The molecule has 0 aromatic carbocycles. The van der Waals surface area contributed by atoms with E-state index in [0.29, 0.717) is 0 Å². The molecule has 9 heteroatoms. The van der Waals surface area contributed by atoms with Gasteiger partial charge in [-0.2, -0.15) is 0 Å². The lowest BCUT2D eigenvalue weighted by molar-refractivity contribution is -0.122. The summed E-state index contributed by atoms with van der Waals surface area (Å²) in [6, 6.07) is -0.210. The van der Waals surface area contributed by atoms with Gasteiger partial charge in [0.1, 0.15) is 19.2 Å². The number of aryl methyl sites for hydroxylation is 1. The summed E-state index contributed by atoms with van der Waals surface area (Å²) in [6.45, 7) is 4.85. The Morgan fingerprint density at radius 1 is 1.42 bits per heavy atom. The van der Waals surface area contributed by atoms with Gasteiger partial charge in [0.25, 0.3) is 0 Å². The second kappa shape index (κ2) is 6.03. The Morgan fingerprint density at radius 3 is 2.95 bits per heavy atom. The second-order valence-electron chi connectivity index (χ2n) is 4.18. The number of carbonyl (C=O) groups excluding carboxylic acids is 1. The molecule has 102 valence electrons. The van der Waals surface area contributed by atoms with E-state index in [1.165, 1.54) is 11.0 Å². The number of hydrogen-bond acceptors (Lipinski definition) is 6. The first-order chi connectivity index (χ1) is 9.20. The number of nitrogens with zero attached hydrogens (tertiary/aromatic N) is 7. The normalized spacial score (nSPS) is 12.3. The van der Waals surface area contributed by atoms with E-state index in [1.807, 2.05) is 11.5 Å². The van der Waals surface area contributed by atoms with Crippen molar-refractivity contribution in [2.24, 2.45) is 0 Å². The minimum Gasteiger partial charge on any atom is -0.345 e. The molecule has 1 unspecified atom stereocenters. The molecule has 0 saturated carbocycles. The predicted octanol–water partition coefficient (Wildman–Crippen LogP) is -0.448. The topological polar surface area (TPSA) is 103 Å². The van der Waals surface area contributed by atoms with Crippen LogP contribution in [-0.4, -0.2) is 40.9 Å². The van der Waals surface area contributed by atoms with Crippen LogP contribution in [0.4, 0.5) is 0 Å². The average molecular weight is 264 g/mol. The zero-order valence-corrected chi connectivity index (χ0v) is 10.9. The molecule has 0 radical (unpaired) electrons. The van der Waals surface area contributed by atoms with Gasteiger partial charge >= 0.3 is 0 Å². The Labute approximate surface area is 110 Å². The van der Waals surface area contributed by atoms with Crippen LogP contribution in [0.3, 0.4) is 0 Å². The second-order valence-corrected chi connectivity index (χ2v) is 4.18. The summed E-state index contributed by atoms with van der Waals surface area (Å²) in [7, 11) is 0. The van der Waals surface area contributed by atoms with Crippen LogP contribution < -0.4 is 5.32 Å². The quantitative estimate of drug-likeness (QED) is 0.758. The minimum atomic E-state index is -0.210. The third-order valence-electron chi connectivity index (χ3n) is 2.57. The van der Waals surface area contributed by atoms with Gasteiger partial charge < -0.3 is 9.88 Å². The average Bonchev–Trinajstić information content (AvgIpc) is 3.00. The van der Waals surface area contributed by atoms with Crippen LogP contribution in [-0.2, 0) is 17.9 Å². The van der Waals surface area contributed by atoms with Gasteiger partial charge in [0.2, 0.25) is 5.91 Å². The molecule has 0 aliphatic carbocycles. The van der Waals surface area contributed by atoms with Gasteiger partial charge in [0.15, 0.2) is 5.82 Å². The van der Waals surface area contributed by atoms with Crippen molar-refractivity contribution in [3.63, 3.8) is 0 Å². The highest BCUT2D eigenvalue weighted by Crippen LogP contribution is 2.09. The molecular weight excluding hydrogens is 248 g/mol. The number of carbonyl (C=O) groups is 1. The summed E-state index contributed by atoms with van der Waals surface area (Å²) in [6.07, 6.45) is 4.04. The van der Waals surface area contributed by atoms with Gasteiger partial charge in [-0.25, -0.2) is 4.68 Å². The summed E-state index contributed by atoms with van der Waals surface area (Å²) in [5.41, 5.74) is 0. The zero-order chi connectivity index (χ0) is 13.7. The van der Waals surface area contributed by atoms with Gasteiger partial charge in [-0.1, -0.05) is 6.92 Å². The number of nitrogens with one attached hydrogen (secondary N) is 1. The molecule has 1 N–H and O–H groups in total. The maximum atomic E-state index is 11.8. The van der Waals surface area contributed by atoms with Crippen LogP contribution in [0.2, 0.25) is 0 Å². The Bertz CT molecular complexity index is 519. The fourth-order valence-corrected chi connectivity index (χ4v) is 1.76. The van der Waals surface area contributed by atoms with E-state index in [4.69, 9.17) is 0 Å². The zero-order valence-electron chi connectivity index (χ0n) is 10.9. The van der Waals surface area contributed by atoms with Crippen molar-refractivity contribution < 1.29 is 4.79 Å². The van der Waals surface area contributed by atoms with Crippen LogP contribution in [0.25, 0.3) is 0 Å². The standard InChI is InChI=1S/C10H16N8O/c1-3-4-17-6-11-14-10(17)8(2)13-9(19)5-18-7-12-15-16-18/h6-8H,3-5H2,1-2H3,(H,13,19). The number of amides is 1. The van der Waals surface area contributed by atoms with Crippen molar-refractivity contribution in [1.82, 2.24) is 40.3 Å². The SMILES string of the molecule is CCCn1cnnc1C(C)NC(=O)Cn1cnnn1. The van der Waals surface area contributed by atoms with E-state index in [9.17, 15) is 4.79 Å². The molecule has 1 atom stereocenters. The van der Waals surface area contributed by atoms with Crippen LogP contribution in [0.1, 0.15) is 32.1 Å². The molecule has 0 bridgehead atoms. The van der Waals surface area contributed by atoms with E-state index >= 15 is 0 Å². The molecule has 2 heterocycles. The highest BCUT2D eigenvalue weighted by Gasteiger charge is 2.15. The molecule has 2 aromatic rings. The van der Waals surface area contributed by atoms with Gasteiger partial charge in [0, 0.05) is 6.54 Å². The first kappa shape index (κ1) is 13.1. The molecule has 0 aliphatic heterocycles. The third kappa shape index (κ3) is 3.33. The molecule has 1 amide bonds. The van der Waals surface area contributed by atoms with Crippen LogP contribution in [0.5, 0.6) is 0 Å². The molecular formula is C10H16N8O. The van der Waals surface area contributed by atoms with Gasteiger partial charge in [-0.3, -0.25) is 4.79 Å². The molecule has 9 nitrogen and oxygen atoms in total. The first-order valence-corrected chi connectivity index (χ1v) is 6.08. The number of tetrazole rings is 1. The van der Waals surface area contributed by atoms with Crippen molar-refractivity contribution >= 4 is 5.91 Å². The lowest BCUT2D eigenvalue weighted by atomic mass is 10.3. The summed E-state index contributed by atoms with van der Waals surface area (Å²) in [5.74, 6) is 0.567. The lowest BCUT2D eigenvalue weighted by Crippen LogP contribution is -2.31. The Balaban J connectivity index is 1.94. The van der Waals surface area contributed by atoms with E-state index in [2.05, 4.69) is 38.0 Å². The molecule has 2 rings (SSSR count). The number of rotatable bonds is 6. The fourth-order valence-electron chi connectivity index (χ4n) is 1.76. The Kier molecular flexibility index (Phi) is 4.16. The van der Waals surface area contributed by atoms with Crippen molar-refractivity contribution in [3.8, 4) is 0 Å². The summed E-state index contributed by atoms with van der Waals surface area (Å²) >= 11 is 0. The maximum Gasteiger partial charge on any atom is 0.242 e.